The number of aliphatic hydroxyl groups excluding tert-OH is 1. The lowest BCUT2D eigenvalue weighted by atomic mass is 9.50. The Bertz CT molecular complexity index is 683. The Balaban J connectivity index is 1.81. The van der Waals surface area contributed by atoms with Gasteiger partial charge in [-0.15, -0.1) is 0 Å². The Kier molecular flexibility index (Phi) is 7.32. The molecule has 5 heteroatoms. The predicted molar refractivity (Wildman–Crippen MR) is 116 cm³/mol. The van der Waals surface area contributed by atoms with E-state index in [0.29, 0.717) is 23.7 Å². The van der Waals surface area contributed by atoms with E-state index in [4.69, 9.17) is 9.47 Å². The Morgan fingerprint density at radius 2 is 1.90 bits per heavy atom. The molecule has 0 spiro atoms. The van der Waals surface area contributed by atoms with E-state index >= 15 is 0 Å². The van der Waals surface area contributed by atoms with Gasteiger partial charge in [-0.1, -0.05) is 18.1 Å². The van der Waals surface area contributed by atoms with E-state index < -0.39 is 0 Å². The van der Waals surface area contributed by atoms with E-state index in [2.05, 4.69) is 13.8 Å². The molecule has 0 aliphatic heterocycles. The smallest absolute Gasteiger partial charge is 0.302 e. The van der Waals surface area contributed by atoms with Crippen molar-refractivity contribution in [2.45, 2.75) is 98.2 Å². The van der Waals surface area contributed by atoms with Crippen LogP contribution in [-0.4, -0.2) is 35.9 Å². The average Bonchev–Trinajstić information content (AvgIpc) is 3.03. The molecule has 30 heavy (non-hydrogen) atoms. The van der Waals surface area contributed by atoms with Crippen LogP contribution in [0.3, 0.4) is 0 Å². The zero-order chi connectivity index (χ0) is 22.1. The number of ether oxygens (including phenoxy) is 2. The van der Waals surface area contributed by atoms with Gasteiger partial charge in [0.1, 0.15) is 12.2 Å². The lowest BCUT2D eigenvalue weighted by Gasteiger charge is -2.55. The first-order chi connectivity index (χ1) is 14.2. The van der Waals surface area contributed by atoms with Crippen molar-refractivity contribution in [3.8, 4) is 0 Å². The summed E-state index contributed by atoms with van der Waals surface area (Å²) >= 11 is 0. The largest absolute Gasteiger partial charge is 0.463 e. The molecule has 5 nitrogen and oxygen atoms in total. The van der Waals surface area contributed by atoms with E-state index in [9.17, 15) is 14.7 Å². The summed E-state index contributed by atoms with van der Waals surface area (Å²) in [7, 11) is 0. The van der Waals surface area contributed by atoms with Crippen molar-refractivity contribution < 1.29 is 24.2 Å². The molecule has 0 heterocycles. The van der Waals surface area contributed by atoms with Crippen molar-refractivity contribution >= 4 is 11.9 Å². The molecule has 0 aromatic rings. The maximum Gasteiger partial charge on any atom is 0.302 e. The maximum atomic E-state index is 11.4. The summed E-state index contributed by atoms with van der Waals surface area (Å²) < 4.78 is 11.1. The van der Waals surface area contributed by atoms with Crippen LogP contribution in [0.2, 0.25) is 0 Å². The Morgan fingerprint density at radius 3 is 2.53 bits per heavy atom. The van der Waals surface area contributed by atoms with Crippen LogP contribution in [0.4, 0.5) is 0 Å². The summed E-state index contributed by atoms with van der Waals surface area (Å²) in [6, 6.07) is 0. The standard InChI is InChI=1S/C25H40O5/c1-15-21(16(2)29-17(3)27)8-9-22(15)23-7-6-19-14-20(30-18(4)28)10-12-25(19,5)24(23)11-13-26/h16,19-21,23-24,26H,6-14H2,1-5H3/t16-,19-,20+,21+,23+,24+,25+/m1/s1. The molecule has 0 radical (unpaired) electrons. The van der Waals surface area contributed by atoms with Crippen LogP contribution in [0.1, 0.15) is 86.0 Å². The summed E-state index contributed by atoms with van der Waals surface area (Å²) in [5, 5.41) is 9.92. The molecule has 0 bridgehead atoms. The predicted octanol–water partition coefficient (Wildman–Crippen LogP) is 4.81. The number of rotatable bonds is 6. The zero-order valence-corrected chi connectivity index (χ0v) is 19.4. The summed E-state index contributed by atoms with van der Waals surface area (Å²) in [4.78, 5) is 22.9. The molecule has 0 aromatic carbocycles. The minimum Gasteiger partial charge on any atom is -0.463 e. The number of esters is 2. The number of allylic oxidation sites excluding steroid dienone is 1. The molecule has 170 valence electrons. The molecule has 3 rings (SSSR count). The van der Waals surface area contributed by atoms with Gasteiger partial charge < -0.3 is 14.6 Å². The fourth-order valence-corrected chi connectivity index (χ4v) is 7.16. The minimum absolute atomic E-state index is 0.0493. The highest BCUT2D eigenvalue weighted by molar-refractivity contribution is 5.66. The van der Waals surface area contributed by atoms with E-state index in [0.717, 1.165) is 51.4 Å². The molecular weight excluding hydrogens is 380 g/mol. The van der Waals surface area contributed by atoms with Crippen LogP contribution in [0.5, 0.6) is 0 Å². The topological polar surface area (TPSA) is 72.8 Å². The van der Waals surface area contributed by atoms with Gasteiger partial charge in [0, 0.05) is 26.4 Å². The summed E-state index contributed by atoms with van der Waals surface area (Å²) in [6.45, 7) is 9.86. The fourth-order valence-electron chi connectivity index (χ4n) is 7.16. The molecule has 3 aliphatic carbocycles. The molecule has 0 unspecified atom stereocenters. The Morgan fingerprint density at radius 1 is 1.17 bits per heavy atom. The molecule has 0 aromatic heterocycles. The summed E-state index contributed by atoms with van der Waals surface area (Å²) in [6.07, 6.45) is 8.14. The number of carbonyl (C=O) groups excluding carboxylic acids is 2. The molecule has 0 amide bonds. The highest BCUT2D eigenvalue weighted by Gasteiger charge is 2.52. The lowest BCUT2D eigenvalue weighted by molar-refractivity contribution is -0.154. The van der Waals surface area contributed by atoms with Crippen LogP contribution < -0.4 is 0 Å². The van der Waals surface area contributed by atoms with Crippen molar-refractivity contribution in [1.29, 1.82) is 0 Å². The van der Waals surface area contributed by atoms with Gasteiger partial charge in [-0.2, -0.15) is 0 Å². The monoisotopic (exact) mass is 420 g/mol. The second-order valence-corrected chi connectivity index (χ2v) is 10.2. The van der Waals surface area contributed by atoms with Gasteiger partial charge in [-0.05, 0) is 88.4 Å². The first-order valence-corrected chi connectivity index (χ1v) is 11.8. The SMILES string of the molecule is CC(=O)O[C@H]1CC[C@@]2(C)[C@H](CC[C@@H](C3=C(C)[C@@H]([C@@H](C)OC(C)=O)CC3)[C@@H]2CCO)C1. The van der Waals surface area contributed by atoms with Crippen LogP contribution >= 0.6 is 0 Å². The van der Waals surface area contributed by atoms with Crippen LogP contribution in [-0.2, 0) is 19.1 Å². The third-order valence-electron chi connectivity index (χ3n) is 8.57. The van der Waals surface area contributed by atoms with E-state index in [1.54, 1.807) is 5.57 Å². The Hall–Kier alpha value is -1.36. The molecule has 0 saturated heterocycles. The molecule has 2 fully saturated rings. The van der Waals surface area contributed by atoms with E-state index in [-0.39, 0.29) is 36.2 Å². The normalized spacial score (nSPS) is 37.5. The van der Waals surface area contributed by atoms with Gasteiger partial charge in [0.15, 0.2) is 0 Å². The van der Waals surface area contributed by atoms with Gasteiger partial charge in [-0.3, -0.25) is 9.59 Å². The summed E-state index contributed by atoms with van der Waals surface area (Å²) in [5.74, 6) is 1.42. The van der Waals surface area contributed by atoms with Crippen molar-refractivity contribution in [1.82, 2.24) is 0 Å². The van der Waals surface area contributed by atoms with Gasteiger partial charge in [0.25, 0.3) is 0 Å². The number of hydrogen-bond acceptors (Lipinski definition) is 5. The number of hydrogen-bond donors (Lipinski definition) is 1. The van der Waals surface area contributed by atoms with Crippen molar-refractivity contribution in [3.63, 3.8) is 0 Å². The maximum absolute atomic E-state index is 11.4. The molecule has 3 aliphatic rings. The number of aliphatic hydroxyl groups is 1. The average molecular weight is 421 g/mol. The third kappa shape index (κ3) is 4.61. The highest BCUT2D eigenvalue weighted by Crippen LogP contribution is 2.59. The van der Waals surface area contributed by atoms with E-state index in [1.165, 1.54) is 19.4 Å². The van der Waals surface area contributed by atoms with Crippen LogP contribution in [0.25, 0.3) is 0 Å². The third-order valence-corrected chi connectivity index (χ3v) is 8.57. The lowest BCUT2D eigenvalue weighted by Crippen LogP contribution is -2.49. The highest BCUT2D eigenvalue weighted by atomic mass is 16.5. The van der Waals surface area contributed by atoms with E-state index in [1.807, 2.05) is 6.92 Å². The number of carbonyl (C=O) groups is 2. The van der Waals surface area contributed by atoms with Gasteiger partial charge in [0.05, 0.1) is 0 Å². The van der Waals surface area contributed by atoms with Crippen LogP contribution in [0.15, 0.2) is 11.1 Å². The van der Waals surface area contributed by atoms with Crippen molar-refractivity contribution in [2.75, 3.05) is 6.61 Å². The first-order valence-electron chi connectivity index (χ1n) is 11.8. The Labute approximate surface area is 181 Å². The number of fused-ring (bicyclic) bond motifs is 1. The molecule has 2 saturated carbocycles. The fraction of sp³-hybridized carbons (Fsp3) is 0.840. The minimum atomic E-state index is -0.209. The second-order valence-electron chi connectivity index (χ2n) is 10.2. The zero-order valence-electron chi connectivity index (χ0n) is 19.4. The first kappa shape index (κ1) is 23.3. The van der Waals surface area contributed by atoms with Gasteiger partial charge in [0.2, 0.25) is 0 Å². The second kappa shape index (κ2) is 9.42. The van der Waals surface area contributed by atoms with Gasteiger partial charge >= 0.3 is 11.9 Å². The van der Waals surface area contributed by atoms with Gasteiger partial charge in [-0.25, -0.2) is 0 Å². The summed E-state index contributed by atoms with van der Waals surface area (Å²) in [5.41, 5.74) is 3.14. The molecular formula is C25H40O5. The quantitative estimate of drug-likeness (QED) is 0.493. The van der Waals surface area contributed by atoms with Crippen LogP contribution in [0, 0.1) is 29.1 Å². The van der Waals surface area contributed by atoms with Crippen molar-refractivity contribution in [2.24, 2.45) is 29.1 Å². The molecule has 7 atom stereocenters. The van der Waals surface area contributed by atoms with Crippen molar-refractivity contribution in [3.05, 3.63) is 11.1 Å². The molecule has 1 N–H and O–H groups in total.